The summed E-state index contributed by atoms with van der Waals surface area (Å²) in [6.45, 7) is 3.52. The maximum atomic E-state index is 3.29. The molecule has 1 aliphatic rings. The molecular weight excluding hydrogens is 154 g/mol. The van der Waals surface area contributed by atoms with Crippen LogP contribution in [0.15, 0.2) is 0 Å². The zero-order chi connectivity index (χ0) is 8.10. The van der Waals surface area contributed by atoms with Gasteiger partial charge in [-0.2, -0.15) is 11.8 Å². The van der Waals surface area contributed by atoms with Crippen LogP contribution in [0.4, 0.5) is 0 Å². The van der Waals surface area contributed by atoms with Gasteiger partial charge in [-0.1, -0.05) is 13.3 Å². The van der Waals surface area contributed by atoms with Crippen molar-refractivity contribution in [2.75, 3.05) is 25.1 Å². The van der Waals surface area contributed by atoms with Gasteiger partial charge >= 0.3 is 0 Å². The summed E-state index contributed by atoms with van der Waals surface area (Å²) in [7, 11) is 2.06. The Bertz CT molecular complexity index is 99.7. The van der Waals surface area contributed by atoms with E-state index >= 15 is 0 Å². The van der Waals surface area contributed by atoms with E-state index in [1.165, 1.54) is 30.9 Å². The van der Waals surface area contributed by atoms with E-state index in [4.69, 9.17) is 0 Å². The van der Waals surface area contributed by atoms with Crippen molar-refractivity contribution in [1.29, 1.82) is 0 Å². The van der Waals surface area contributed by atoms with Crippen LogP contribution < -0.4 is 5.32 Å². The lowest BCUT2D eigenvalue weighted by molar-refractivity contribution is 0.345. The number of nitrogens with one attached hydrogen (secondary N) is 1. The molecule has 0 bridgehead atoms. The average molecular weight is 173 g/mol. The first kappa shape index (κ1) is 9.40. The van der Waals surface area contributed by atoms with Crippen LogP contribution in [0.5, 0.6) is 0 Å². The Morgan fingerprint density at radius 1 is 1.64 bits per heavy atom. The van der Waals surface area contributed by atoms with E-state index in [-0.39, 0.29) is 0 Å². The van der Waals surface area contributed by atoms with Gasteiger partial charge in [0.1, 0.15) is 0 Å². The topological polar surface area (TPSA) is 12.0 Å². The molecule has 1 aliphatic heterocycles. The van der Waals surface area contributed by atoms with Crippen LogP contribution in [0.3, 0.4) is 0 Å². The Morgan fingerprint density at radius 2 is 2.45 bits per heavy atom. The highest BCUT2D eigenvalue weighted by atomic mass is 32.2. The van der Waals surface area contributed by atoms with Crippen molar-refractivity contribution >= 4 is 11.8 Å². The number of rotatable bonds is 4. The van der Waals surface area contributed by atoms with E-state index in [9.17, 15) is 0 Å². The van der Waals surface area contributed by atoms with E-state index in [0.29, 0.717) is 0 Å². The van der Waals surface area contributed by atoms with Crippen LogP contribution in [0.25, 0.3) is 0 Å². The first-order valence-electron chi connectivity index (χ1n) is 4.60. The van der Waals surface area contributed by atoms with Gasteiger partial charge in [-0.15, -0.1) is 0 Å². The zero-order valence-electron chi connectivity index (χ0n) is 7.60. The third-order valence-corrected chi connectivity index (χ3v) is 3.81. The van der Waals surface area contributed by atoms with E-state index in [2.05, 4.69) is 31.1 Å². The highest BCUT2D eigenvalue weighted by Crippen LogP contribution is 2.30. The summed E-state index contributed by atoms with van der Waals surface area (Å²) >= 11 is 2.12. The number of thioether (sulfide) groups is 1. The van der Waals surface area contributed by atoms with Crippen molar-refractivity contribution in [3.05, 3.63) is 0 Å². The molecule has 1 rings (SSSR count). The SMILES string of the molecule is CCC(CNC)C1CCSC1. The lowest BCUT2D eigenvalue weighted by Gasteiger charge is -2.20. The molecular formula is C9H19NS. The number of hydrogen-bond donors (Lipinski definition) is 1. The lowest BCUT2D eigenvalue weighted by Crippen LogP contribution is -2.25. The summed E-state index contributed by atoms with van der Waals surface area (Å²) in [5, 5.41) is 3.29. The third kappa shape index (κ3) is 2.68. The molecule has 0 radical (unpaired) electrons. The van der Waals surface area contributed by atoms with Gasteiger partial charge in [-0.25, -0.2) is 0 Å². The summed E-state index contributed by atoms with van der Waals surface area (Å²) in [5.41, 5.74) is 0. The van der Waals surface area contributed by atoms with Gasteiger partial charge in [-0.3, -0.25) is 0 Å². The summed E-state index contributed by atoms with van der Waals surface area (Å²) in [6, 6.07) is 0. The smallest absolute Gasteiger partial charge is 0.00207 e. The minimum Gasteiger partial charge on any atom is -0.319 e. The van der Waals surface area contributed by atoms with Crippen LogP contribution in [0, 0.1) is 11.8 Å². The fraction of sp³-hybridized carbons (Fsp3) is 1.00. The maximum absolute atomic E-state index is 3.29. The fourth-order valence-electron chi connectivity index (χ4n) is 1.83. The molecule has 1 saturated heterocycles. The highest BCUT2D eigenvalue weighted by molar-refractivity contribution is 7.99. The molecule has 0 saturated carbocycles. The molecule has 0 aromatic heterocycles. The molecule has 0 aliphatic carbocycles. The van der Waals surface area contributed by atoms with Crippen molar-refractivity contribution in [3.63, 3.8) is 0 Å². The van der Waals surface area contributed by atoms with Crippen LogP contribution >= 0.6 is 11.8 Å². The number of hydrogen-bond acceptors (Lipinski definition) is 2. The Kier molecular flexibility index (Phi) is 4.31. The second-order valence-electron chi connectivity index (χ2n) is 3.35. The van der Waals surface area contributed by atoms with Crippen LogP contribution in [0.2, 0.25) is 0 Å². The Morgan fingerprint density at radius 3 is 2.91 bits per heavy atom. The lowest BCUT2D eigenvalue weighted by atomic mass is 9.90. The molecule has 2 unspecified atom stereocenters. The van der Waals surface area contributed by atoms with Crippen molar-refractivity contribution in [2.24, 2.45) is 11.8 Å². The molecule has 1 nitrogen and oxygen atoms in total. The van der Waals surface area contributed by atoms with Crippen LogP contribution in [0.1, 0.15) is 19.8 Å². The van der Waals surface area contributed by atoms with Gasteiger partial charge < -0.3 is 5.32 Å². The van der Waals surface area contributed by atoms with E-state index in [1.54, 1.807) is 0 Å². The van der Waals surface area contributed by atoms with Crippen LogP contribution in [-0.4, -0.2) is 25.1 Å². The summed E-state index contributed by atoms with van der Waals surface area (Å²) < 4.78 is 0. The first-order chi connectivity index (χ1) is 5.38. The van der Waals surface area contributed by atoms with Gasteiger partial charge in [0.25, 0.3) is 0 Å². The van der Waals surface area contributed by atoms with Crippen molar-refractivity contribution < 1.29 is 0 Å². The Balaban J connectivity index is 2.27. The molecule has 66 valence electrons. The third-order valence-electron chi connectivity index (χ3n) is 2.62. The molecule has 2 heteroatoms. The summed E-state index contributed by atoms with van der Waals surface area (Å²) in [6.07, 6.45) is 2.79. The van der Waals surface area contributed by atoms with Crippen molar-refractivity contribution in [2.45, 2.75) is 19.8 Å². The molecule has 1 fully saturated rings. The predicted molar refractivity (Wildman–Crippen MR) is 53.1 cm³/mol. The van der Waals surface area contributed by atoms with Gasteiger partial charge in [0, 0.05) is 0 Å². The average Bonchev–Trinajstić information content (AvgIpc) is 2.52. The minimum atomic E-state index is 0.926. The summed E-state index contributed by atoms with van der Waals surface area (Å²) in [4.78, 5) is 0. The second kappa shape index (κ2) is 5.04. The van der Waals surface area contributed by atoms with E-state index in [0.717, 1.165) is 11.8 Å². The standard InChI is InChI=1S/C9H19NS/c1-3-8(6-10-2)9-4-5-11-7-9/h8-10H,3-7H2,1-2H3. The highest BCUT2D eigenvalue weighted by Gasteiger charge is 2.22. The van der Waals surface area contributed by atoms with Crippen LogP contribution in [-0.2, 0) is 0 Å². The molecule has 2 atom stereocenters. The normalized spacial score (nSPS) is 27.3. The fourth-order valence-corrected chi connectivity index (χ4v) is 3.21. The quantitative estimate of drug-likeness (QED) is 0.698. The monoisotopic (exact) mass is 173 g/mol. The second-order valence-corrected chi connectivity index (χ2v) is 4.50. The minimum absolute atomic E-state index is 0.926. The van der Waals surface area contributed by atoms with E-state index in [1.807, 2.05) is 0 Å². The molecule has 0 amide bonds. The molecule has 0 aromatic rings. The Labute approximate surface area is 74.3 Å². The predicted octanol–water partition coefficient (Wildman–Crippen LogP) is 1.99. The molecule has 1 N–H and O–H groups in total. The van der Waals surface area contributed by atoms with Gasteiger partial charge in [0.2, 0.25) is 0 Å². The van der Waals surface area contributed by atoms with Gasteiger partial charge in [-0.05, 0) is 43.4 Å². The molecule has 1 heterocycles. The molecule has 0 aromatic carbocycles. The van der Waals surface area contributed by atoms with Crippen molar-refractivity contribution in [3.8, 4) is 0 Å². The van der Waals surface area contributed by atoms with Crippen molar-refractivity contribution in [1.82, 2.24) is 5.32 Å². The van der Waals surface area contributed by atoms with Gasteiger partial charge in [0.15, 0.2) is 0 Å². The molecule has 0 spiro atoms. The van der Waals surface area contributed by atoms with E-state index < -0.39 is 0 Å². The Hall–Kier alpha value is 0.310. The summed E-state index contributed by atoms with van der Waals surface area (Å²) in [5.74, 6) is 4.72. The first-order valence-corrected chi connectivity index (χ1v) is 5.76. The maximum Gasteiger partial charge on any atom is -0.00207 e. The largest absolute Gasteiger partial charge is 0.319 e. The van der Waals surface area contributed by atoms with Gasteiger partial charge in [0.05, 0.1) is 0 Å². The molecule has 11 heavy (non-hydrogen) atoms. The zero-order valence-corrected chi connectivity index (χ0v) is 8.41.